The van der Waals surface area contributed by atoms with Crippen LogP contribution in [0, 0.1) is 13.8 Å². The zero-order chi connectivity index (χ0) is 14.8. The van der Waals surface area contributed by atoms with Gasteiger partial charge in [-0.2, -0.15) is 0 Å². The van der Waals surface area contributed by atoms with Crippen molar-refractivity contribution in [3.63, 3.8) is 0 Å². The SMILES string of the molecule is Cc1cc(C)c(S(=O)(=O)Nc2ncccn2)cc1CO. The Labute approximate surface area is 117 Å². The van der Waals surface area contributed by atoms with Crippen LogP contribution in [0.1, 0.15) is 16.7 Å². The number of nitrogens with zero attached hydrogens (tertiary/aromatic N) is 2. The molecule has 1 aromatic heterocycles. The second kappa shape index (κ2) is 5.56. The molecule has 2 rings (SSSR count). The predicted molar refractivity (Wildman–Crippen MR) is 74.7 cm³/mol. The quantitative estimate of drug-likeness (QED) is 0.888. The Morgan fingerprint density at radius 3 is 2.40 bits per heavy atom. The number of hydrogen-bond donors (Lipinski definition) is 2. The minimum absolute atomic E-state index is 0.0121. The Morgan fingerprint density at radius 1 is 1.15 bits per heavy atom. The number of aliphatic hydroxyl groups excluding tert-OH is 1. The third-order valence-electron chi connectivity index (χ3n) is 2.88. The van der Waals surface area contributed by atoms with Crippen molar-refractivity contribution in [2.45, 2.75) is 25.3 Å². The van der Waals surface area contributed by atoms with Crippen LogP contribution in [0.5, 0.6) is 0 Å². The summed E-state index contributed by atoms with van der Waals surface area (Å²) in [6.07, 6.45) is 2.90. The lowest BCUT2D eigenvalue weighted by Gasteiger charge is -2.12. The van der Waals surface area contributed by atoms with Crippen LogP contribution in [0.4, 0.5) is 5.95 Å². The second-order valence-corrected chi connectivity index (χ2v) is 6.03. The molecule has 1 aromatic carbocycles. The molecule has 0 unspecified atom stereocenters. The topological polar surface area (TPSA) is 92.2 Å². The van der Waals surface area contributed by atoms with Gasteiger partial charge in [0.25, 0.3) is 10.0 Å². The molecule has 0 saturated heterocycles. The smallest absolute Gasteiger partial charge is 0.264 e. The molecule has 2 N–H and O–H groups in total. The molecule has 0 spiro atoms. The molecule has 0 fully saturated rings. The number of hydrogen-bond acceptors (Lipinski definition) is 5. The summed E-state index contributed by atoms with van der Waals surface area (Å²) in [5.41, 5.74) is 2.02. The van der Waals surface area contributed by atoms with Gasteiger partial charge in [-0.25, -0.2) is 23.1 Å². The molecule has 7 heteroatoms. The van der Waals surface area contributed by atoms with Crippen molar-refractivity contribution in [1.29, 1.82) is 0 Å². The Kier molecular flexibility index (Phi) is 4.01. The lowest BCUT2D eigenvalue weighted by molar-refractivity contribution is 0.280. The normalized spacial score (nSPS) is 11.3. The molecule has 0 atom stereocenters. The maximum absolute atomic E-state index is 12.3. The van der Waals surface area contributed by atoms with E-state index < -0.39 is 10.0 Å². The fourth-order valence-electron chi connectivity index (χ4n) is 1.86. The first-order valence-electron chi connectivity index (χ1n) is 5.95. The summed E-state index contributed by atoms with van der Waals surface area (Å²) in [6.45, 7) is 3.31. The monoisotopic (exact) mass is 293 g/mol. The van der Waals surface area contributed by atoms with Gasteiger partial charge in [0.1, 0.15) is 0 Å². The van der Waals surface area contributed by atoms with E-state index in [0.717, 1.165) is 5.56 Å². The van der Waals surface area contributed by atoms with E-state index in [-0.39, 0.29) is 17.5 Å². The van der Waals surface area contributed by atoms with Gasteiger partial charge in [-0.15, -0.1) is 0 Å². The van der Waals surface area contributed by atoms with E-state index in [0.29, 0.717) is 11.1 Å². The van der Waals surface area contributed by atoms with Crippen LogP contribution in [0.2, 0.25) is 0 Å². The number of nitrogens with one attached hydrogen (secondary N) is 1. The number of aryl methyl sites for hydroxylation is 2. The van der Waals surface area contributed by atoms with Crippen molar-refractivity contribution in [2.24, 2.45) is 0 Å². The lowest BCUT2D eigenvalue weighted by atomic mass is 10.1. The Morgan fingerprint density at radius 2 is 1.80 bits per heavy atom. The van der Waals surface area contributed by atoms with Crippen LogP contribution in [0.25, 0.3) is 0 Å². The summed E-state index contributed by atoms with van der Waals surface area (Å²) >= 11 is 0. The maximum atomic E-state index is 12.3. The van der Waals surface area contributed by atoms with Gasteiger partial charge in [-0.3, -0.25) is 0 Å². The highest BCUT2D eigenvalue weighted by Crippen LogP contribution is 2.22. The van der Waals surface area contributed by atoms with Gasteiger partial charge in [0, 0.05) is 12.4 Å². The average Bonchev–Trinajstić information content (AvgIpc) is 2.39. The van der Waals surface area contributed by atoms with Gasteiger partial charge < -0.3 is 5.11 Å². The van der Waals surface area contributed by atoms with Gasteiger partial charge in [0.05, 0.1) is 11.5 Å². The van der Waals surface area contributed by atoms with Crippen molar-refractivity contribution >= 4 is 16.0 Å². The standard InChI is InChI=1S/C13H15N3O3S/c1-9-6-10(2)12(7-11(9)8-17)20(18,19)16-13-14-4-3-5-15-13/h3-7,17H,8H2,1-2H3,(H,14,15,16). The lowest BCUT2D eigenvalue weighted by Crippen LogP contribution is -2.16. The minimum atomic E-state index is -3.78. The van der Waals surface area contributed by atoms with Crippen molar-refractivity contribution in [3.05, 3.63) is 47.3 Å². The Balaban J connectivity index is 2.44. The molecule has 6 nitrogen and oxygen atoms in total. The predicted octanol–water partition coefficient (Wildman–Crippen LogP) is 1.39. The minimum Gasteiger partial charge on any atom is -0.392 e. The van der Waals surface area contributed by atoms with E-state index in [1.807, 2.05) is 6.92 Å². The summed E-state index contributed by atoms with van der Waals surface area (Å²) in [5, 5.41) is 9.25. The fraction of sp³-hybridized carbons (Fsp3) is 0.231. The van der Waals surface area contributed by atoms with E-state index in [9.17, 15) is 13.5 Å². The first-order chi connectivity index (χ1) is 9.44. The van der Waals surface area contributed by atoms with Crippen LogP contribution in [0.3, 0.4) is 0 Å². The highest BCUT2D eigenvalue weighted by molar-refractivity contribution is 7.92. The zero-order valence-corrected chi connectivity index (χ0v) is 12.0. The first kappa shape index (κ1) is 14.4. The summed E-state index contributed by atoms with van der Waals surface area (Å²) in [5.74, 6) is 0.0121. The molecule has 106 valence electrons. The summed E-state index contributed by atoms with van der Waals surface area (Å²) < 4.78 is 27.0. The van der Waals surface area contributed by atoms with Crippen LogP contribution in [-0.4, -0.2) is 23.5 Å². The highest BCUT2D eigenvalue weighted by atomic mass is 32.2. The van der Waals surface area contributed by atoms with Crippen LogP contribution < -0.4 is 4.72 Å². The van der Waals surface area contributed by atoms with Gasteiger partial charge in [-0.1, -0.05) is 6.07 Å². The van der Waals surface area contributed by atoms with Gasteiger partial charge in [0.15, 0.2) is 0 Å². The Hall–Kier alpha value is -1.99. The summed E-state index contributed by atoms with van der Waals surface area (Å²) in [6, 6.07) is 4.79. The van der Waals surface area contributed by atoms with Crippen LogP contribution in [0.15, 0.2) is 35.5 Å². The van der Waals surface area contributed by atoms with Crippen molar-refractivity contribution < 1.29 is 13.5 Å². The molecule has 2 aromatic rings. The second-order valence-electron chi connectivity index (χ2n) is 4.38. The van der Waals surface area contributed by atoms with E-state index >= 15 is 0 Å². The number of sulfonamides is 1. The fourth-order valence-corrected chi connectivity index (χ4v) is 3.10. The molecule has 0 aliphatic heterocycles. The van der Waals surface area contributed by atoms with Gasteiger partial charge >= 0.3 is 0 Å². The first-order valence-corrected chi connectivity index (χ1v) is 7.43. The molecule has 0 bridgehead atoms. The highest BCUT2D eigenvalue weighted by Gasteiger charge is 2.19. The third-order valence-corrected chi connectivity index (χ3v) is 4.35. The number of anilines is 1. The molecule has 0 saturated carbocycles. The average molecular weight is 293 g/mol. The van der Waals surface area contributed by atoms with E-state index in [2.05, 4.69) is 14.7 Å². The van der Waals surface area contributed by atoms with Crippen LogP contribution >= 0.6 is 0 Å². The largest absolute Gasteiger partial charge is 0.392 e. The zero-order valence-electron chi connectivity index (χ0n) is 11.2. The van der Waals surface area contributed by atoms with E-state index in [4.69, 9.17) is 0 Å². The van der Waals surface area contributed by atoms with Crippen LogP contribution in [-0.2, 0) is 16.6 Å². The molecule has 0 amide bonds. The molecular weight excluding hydrogens is 278 g/mol. The molecule has 0 aliphatic rings. The summed E-state index contributed by atoms with van der Waals surface area (Å²) in [7, 11) is -3.78. The summed E-state index contributed by atoms with van der Waals surface area (Å²) in [4.78, 5) is 7.77. The molecule has 0 aliphatic carbocycles. The van der Waals surface area contributed by atoms with E-state index in [1.165, 1.54) is 18.5 Å². The van der Waals surface area contributed by atoms with Crippen molar-refractivity contribution in [2.75, 3.05) is 4.72 Å². The maximum Gasteiger partial charge on any atom is 0.264 e. The van der Waals surface area contributed by atoms with Crippen molar-refractivity contribution in [1.82, 2.24) is 9.97 Å². The molecule has 0 radical (unpaired) electrons. The number of benzene rings is 1. The number of aliphatic hydroxyl groups is 1. The molecule has 20 heavy (non-hydrogen) atoms. The molecule has 1 heterocycles. The van der Waals surface area contributed by atoms with E-state index in [1.54, 1.807) is 19.1 Å². The van der Waals surface area contributed by atoms with Crippen molar-refractivity contribution in [3.8, 4) is 0 Å². The number of rotatable bonds is 4. The number of aromatic nitrogens is 2. The third kappa shape index (κ3) is 2.94. The Bertz CT molecular complexity index is 715. The van der Waals surface area contributed by atoms with Gasteiger partial charge in [-0.05, 0) is 42.7 Å². The molecular formula is C13H15N3O3S. The van der Waals surface area contributed by atoms with Gasteiger partial charge in [0.2, 0.25) is 5.95 Å².